The molecule has 0 bridgehead atoms. The maximum absolute atomic E-state index is 9.95. The lowest BCUT2D eigenvalue weighted by atomic mass is 10.0. The Morgan fingerprint density at radius 3 is 2.34 bits per heavy atom. The normalized spacial score (nSPS) is 24.7. The number of H-pyrrole nitrogens is 1. The minimum atomic E-state index is -0.632. The van der Waals surface area contributed by atoms with Crippen molar-refractivity contribution in [3.8, 4) is 28.4 Å². The van der Waals surface area contributed by atoms with Crippen LogP contribution in [0.3, 0.4) is 0 Å². The smallest absolute Gasteiger partial charge is 0.296 e. The van der Waals surface area contributed by atoms with Crippen LogP contribution >= 0.6 is 11.6 Å². The number of hydrogen-bond acceptors (Lipinski definition) is 8. The fourth-order valence-corrected chi connectivity index (χ4v) is 5.58. The number of aliphatic hydroxyl groups is 1. The lowest BCUT2D eigenvalue weighted by molar-refractivity contribution is 0.00706. The number of fused-ring (bicyclic) bond motifs is 2. The molecule has 2 N–H and O–H groups in total. The second-order valence-electron chi connectivity index (χ2n) is 9.83. The molecular weight excluding hydrogens is 506 g/mol. The van der Waals surface area contributed by atoms with Crippen LogP contribution in [0.4, 0.5) is 0 Å². The van der Waals surface area contributed by atoms with Gasteiger partial charge in [-0.25, -0.2) is 4.98 Å². The number of aromatic nitrogens is 3. The van der Waals surface area contributed by atoms with Crippen molar-refractivity contribution >= 4 is 28.6 Å². The highest BCUT2D eigenvalue weighted by atomic mass is 35.5. The fourth-order valence-electron chi connectivity index (χ4n) is 5.32. The van der Waals surface area contributed by atoms with Crippen LogP contribution < -0.4 is 4.74 Å². The summed E-state index contributed by atoms with van der Waals surface area (Å²) in [7, 11) is 2.07. The van der Waals surface area contributed by atoms with Gasteiger partial charge in [0, 0.05) is 24.7 Å². The number of hydrogen-bond donors (Lipinski definition) is 2. The van der Waals surface area contributed by atoms with Crippen molar-refractivity contribution in [2.24, 2.45) is 4.99 Å². The number of nitrogens with one attached hydrogen (secondary N) is 1. The lowest BCUT2D eigenvalue weighted by Crippen LogP contribution is -2.34. The Labute approximate surface area is 224 Å². The average Bonchev–Trinajstić information content (AvgIpc) is 3.71. The molecule has 1 unspecified atom stereocenters. The van der Waals surface area contributed by atoms with Crippen LogP contribution in [0.15, 0.2) is 59.6 Å². The van der Waals surface area contributed by atoms with E-state index in [1.165, 1.54) is 0 Å². The molecule has 2 aromatic heterocycles. The van der Waals surface area contributed by atoms with Gasteiger partial charge in [0.15, 0.2) is 11.8 Å². The molecule has 2 aromatic carbocycles. The number of imidazole rings is 1. The summed E-state index contributed by atoms with van der Waals surface area (Å²) in [5, 5.41) is 10.5. The van der Waals surface area contributed by atoms with Gasteiger partial charge in [0.25, 0.3) is 6.01 Å². The monoisotopic (exact) mass is 531 g/mol. The Morgan fingerprint density at radius 2 is 1.63 bits per heavy atom. The number of aliphatic imine (C=N–C) groups is 1. The number of nitrogens with zero attached hydrogens (tertiary/aromatic N) is 4. The van der Waals surface area contributed by atoms with Crippen molar-refractivity contribution in [2.75, 3.05) is 33.4 Å². The first kappa shape index (κ1) is 23.6. The molecular formula is C28H26ClN5O4. The van der Waals surface area contributed by atoms with Crippen LogP contribution in [0.2, 0.25) is 5.02 Å². The molecule has 0 saturated carbocycles. The Bertz CT molecular complexity index is 1520. The zero-order chi connectivity index (χ0) is 25.8. The quantitative estimate of drug-likeness (QED) is 0.406. The number of aromatic amines is 1. The largest absolute Gasteiger partial charge is 0.456 e. The van der Waals surface area contributed by atoms with Crippen LogP contribution in [0.25, 0.3) is 33.5 Å². The molecule has 4 atom stereocenters. The summed E-state index contributed by atoms with van der Waals surface area (Å²) in [5.74, 6) is 1.04. The number of ether oxygens (including phenoxy) is 3. The molecule has 2 saturated heterocycles. The number of aliphatic hydroxyl groups excluding tert-OH is 1. The second-order valence-corrected chi connectivity index (χ2v) is 10.2. The minimum Gasteiger partial charge on any atom is -0.456 e. The highest BCUT2D eigenvalue weighted by Crippen LogP contribution is 2.33. The van der Waals surface area contributed by atoms with E-state index in [4.69, 9.17) is 30.8 Å². The molecule has 3 aliphatic rings. The Kier molecular flexibility index (Phi) is 5.81. The summed E-state index contributed by atoms with van der Waals surface area (Å²) in [6.45, 7) is 2.38. The van der Waals surface area contributed by atoms with Crippen molar-refractivity contribution in [1.29, 1.82) is 0 Å². The van der Waals surface area contributed by atoms with E-state index in [1.807, 2.05) is 12.1 Å². The maximum atomic E-state index is 9.95. The Morgan fingerprint density at radius 1 is 0.947 bits per heavy atom. The molecule has 0 aliphatic carbocycles. The van der Waals surface area contributed by atoms with Gasteiger partial charge in [-0.3, -0.25) is 4.99 Å². The van der Waals surface area contributed by atoms with Gasteiger partial charge in [-0.15, -0.1) is 0 Å². The van der Waals surface area contributed by atoms with Crippen molar-refractivity contribution < 1.29 is 19.3 Å². The second kappa shape index (κ2) is 9.36. The van der Waals surface area contributed by atoms with Crippen molar-refractivity contribution in [2.45, 2.75) is 24.4 Å². The van der Waals surface area contributed by atoms with Crippen molar-refractivity contribution in [3.05, 3.63) is 65.2 Å². The number of rotatable bonds is 5. The average molecular weight is 532 g/mol. The van der Waals surface area contributed by atoms with E-state index in [0.29, 0.717) is 34.5 Å². The molecule has 2 fully saturated rings. The summed E-state index contributed by atoms with van der Waals surface area (Å²) >= 11 is 6.62. The predicted octanol–water partition coefficient (Wildman–Crippen LogP) is 3.54. The highest BCUT2D eigenvalue weighted by molar-refractivity contribution is 6.33. The maximum Gasteiger partial charge on any atom is 0.296 e. The Hall–Kier alpha value is -3.50. The standard InChI is InChI=1S/C28H26ClN5O4/c1-34-11-10-30-27(34)18-8-4-16(5-9-18)15-2-6-17(7-3-15)23-19(29)12-20-26(32-23)33-28(31-20)38-22-14-37-24-21(35)13-36-25(22)24/h2-9,12,21-22,24-25,35H,10-11,13-14H2,1H3,(H,31,32,33)/t21-,22-,24?,25-/m1/s1. The van der Waals surface area contributed by atoms with E-state index in [9.17, 15) is 5.11 Å². The molecule has 4 aromatic rings. The molecule has 7 rings (SSSR count). The predicted molar refractivity (Wildman–Crippen MR) is 144 cm³/mol. The van der Waals surface area contributed by atoms with Gasteiger partial charge < -0.3 is 29.2 Å². The fraction of sp³-hybridized carbons (Fsp3) is 0.321. The first-order chi connectivity index (χ1) is 18.5. The molecule has 0 spiro atoms. The summed E-state index contributed by atoms with van der Waals surface area (Å²) in [6.07, 6.45) is -1.68. The zero-order valence-electron chi connectivity index (χ0n) is 20.7. The van der Waals surface area contributed by atoms with Gasteiger partial charge >= 0.3 is 0 Å². The van der Waals surface area contributed by atoms with Gasteiger partial charge in [0.2, 0.25) is 0 Å². The molecule has 10 heteroatoms. The molecule has 194 valence electrons. The van der Waals surface area contributed by atoms with Crippen LogP contribution in [0, 0.1) is 0 Å². The van der Waals surface area contributed by atoms with Gasteiger partial charge in [-0.1, -0.05) is 60.1 Å². The summed E-state index contributed by atoms with van der Waals surface area (Å²) in [6, 6.07) is 18.8. The number of amidine groups is 1. The van der Waals surface area contributed by atoms with E-state index in [1.54, 1.807) is 6.07 Å². The first-order valence-corrected chi connectivity index (χ1v) is 13.0. The SMILES string of the molecule is CN1CCN=C1c1ccc(-c2ccc(-c3nc4nc(O[C@@H]5COC6[C@H](O)CO[C@@H]65)[nH]c4cc3Cl)cc2)cc1. The summed E-state index contributed by atoms with van der Waals surface area (Å²) < 4.78 is 17.3. The topological polar surface area (TPSA) is 105 Å². The van der Waals surface area contributed by atoms with Gasteiger partial charge in [-0.2, -0.15) is 4.98 Å². The number of likely N-dealkylation sites (N-methyl/N-ethyl adjacent to an activating group) is 1. The molecule has 38 heavy (non-hydrogen) atoms. The first-order valence-electron chi connectivity index (χ1n) is 12.6. The van der Waals surface area contributed by atoms with Crippen molar-refractivity contribution in [1.82, 2.24) is 19.9 Å². The number of benzene rings is 2. The third kappa shape index (κ3) is 4.12. The van der Waals surface area contributed by atoms with Crippen LogP contribution in [-0.4, -0.2) is 88.6 Å². The minimum absolute atomic E-state index is 0.243. The van der Waals surface area contributed by atoms with E-state index in [2.05, 4.69) is 63.3 Å². The molecule has 3 aliphatic heterocycles. The van der Waals surface area contributed by atoms with Crippen LogP contribution in [-0.2, 0) is 9.47 Å². The van der Waals surface area contributed by atoms with E-state index < -0.39 is 6.10 Å². The third-order valence-corrected chi connectivity index (χ3v) is 7.63. The third-order valence-electron chi connectivity index (χ3n) is 7.34. The van der Waals surface area contributed by atoms with Crippen LogP contribution in [0.5, 0.6) is 6.01 Å². The van der Waals surface area contributed by atoms with Gasteiger partial charge in [-0.05, 0) is 17.2 Å². The van der Waals surface area contributed by atoms with E-state index in [-0.39, 0.29) is 24.9 Å². The van der Waals surface area contributed by atoms with E-state index >= 15 is 0 Å². The lowest BCUT2D eigenvalue weighted by Gasteiger charge is -2.15. The number of pyridine rings is 1. The van der Waals surface area contributed by atoms with E-state index in [0.717, 1.165) is 41.2 Å². The summed E-state index contributed by atoms with van der Waals surface area (Å²) in [5.41, 5.74) is 6.07. The molecule has 0 amide bonds. The van der Waals surface area contributed by atoms with Gasteiger partial charge in [0.1, 0.15) is 24.1 Å². The van der Waals surface area contributed by atoms with Gasteiger partial charge in [0.05, 0.1) is 36.0 Å². The molecule has 5 heterocycles. The molecule has 0 radical (unpaired) electrons. The highest BCUT2D eigenvalue weighted by Gasteiger charge is 2.48. The Balaban J connectivity index is 1.10. The zero-order valence-corrected chi connectivity index (χ0v) is 21.4. The number of halogens is 1. The van der Waals surface area contributed by atoms with Crippen LogP contribution in [0.1, 0.15) is 5.56 Å². The molecule has 9 nitrogen and oxygen atoms in total. The summed E-state index contributed by atoms with van der Waals surface area (Å²) in [4.78, 5) is 19.1. The van der Waals surface area contributed by atoms with Crippen molar-refractivity contribution in [3.63, 3.8) is 0 Å².